The average Bonchev–Trinajstić information content (AvgIpc) is 3.06. The third-order valence-electron chi connectivity index (χ3n) is 5.22. The normalized spacial score (nSPS) is 13.6. The first-order valence-electron chi connectivity index (χ1n) is 9.93. The Morgan fingerprint density at radius 1 is 1.14 bits per heavy atom. The molecular weight excluding hydrogens is 387 g/mol. The number of rotatable bonds is 9. The van der Waals surface area contributed by atoms with Crippen LogP contribution in [0.4, 0.5) is 4.39 Å². The van der Waals surface area contributed by atoms with Crippen molar-refractivity contribution in [1.29, 1.82) is 0 Å². The van der Waals surface area contributed by atoms with E-state index >= 15 is 0 Å². The Bertz CT molecular complexity index is 858. The van der Waals surface area contributed by atoms with Gasteiger partial charge in [0.1, 0.15) is 12.4 Å². The smallest absolute Gasteiger partial charge is 0.242 e. The molecule has 29 heavy (non-hydrogen) atoms. The number of amides is 2. The summed E-state index contributed by atoms with van der Waals surface area (Å²) in [6.07, 6.45) is 4.53. The van der Waals surface area contributed by atoms with Gasteiger partial charge in [-0.15, -0.1) is 17.9 Å². The van der Waals surface area contributed by atoms with Gasteiger partial charge in [0.05, 0.1) is 6.54 Å². The van der Waals surface area contributed by atoms with Crippen molar-refractivity contribution < 1.29 is 14.0 Å². The van der Waals surface area contributed by atoms with E-state index in [-0.39, 0.29) is 30.1 Å². The van der Waals surface area contributed by atoms with Crippen LogP contribution in [0.2, 0.25) is 0 Å². The van der Waals surface area contributed by atoms with Crippen molar-refractivity contribution in [3.63, 3.8) is 0 Å². The zero-order valence-corrected chi connectivity index (χ0v) is 17.6. The van der Waals surface area contributed by atoms with Crippen LogP contribution in [0.1, 0.15) is 34.6 Å². The van der Waals surface area contributed by atoms with E-state index < -0.39 is 0 Å². The van der Waals surface area contributed by atoms with Gasteiger partial charge in [-0.05, 0) is 49.6 Å². The number of nitrogens with zero attached hydrogens (tertiary/aromatic N) is 2. The highest BCUT2D eigenvalue weighted by atomic mass is 32.1. The van der Waals surface area contributed by atoms with Crippen LogP contribution in [0.25, 0.3) is 0 Å². The SMILES string of the molecule is C=CCN(CC(=O)N(Cc1ccc(F)cc1)Cc1ccc(C)s1)C(=O)C1CCC1. The Labute approximate surface area is 175 Å². The summed E-state index contributed by atoms with van der Waals surface area (Å²) in [5, 5.41) is 0. The van der Waals surface area contributed by atoms with E-state index in [1.165, 1.54) is 17.0 Å². The minimum atomic E-state index is -0.302. The third kappa shape index (κ3) is 5.76. The van der Waals surface area contributed by atoms with Crippen LogP contribution in [-0.4, -0.2) is 34.7 Å². The highest BCUT2D eigenvalue weighted by Crippen LogP contribution is 2.28. The van der Waals surface area contributed by atoms with E-state index in [0.29, 0.717) is 19.6 Å². The van der Waals surface area contributed by atoms with Crippen molar-refractivity contribution in [2.24, 2.45) is 5.92 Å². The fourth-order valence-electron chi connectivity index (χ4n) is 3.37. The van der Waals surface area contributed by atoms with Gasteiger partial charge >= 0.3 is 0 Å². The zero-order chi connectivity index (χ0) is 20.8. The molecule has 2 aromatic rings. The molecule has 2 amide bonds. The van der Waals surface area contributed by atoms with Gasteiger partial charge in [-0.3, -0.25) is 9.59 Å². The lowest BCUT2D eigenvalue weighted by atomic mass is 9.84. The van der Waals surface area contributed by atoms with E-state index in [1.807, 2.05) is 19.1 Å². The van der Waals surface area contributed by atoms with Crippen molar-refractivity contribution >= 4 is 23.2 Å². The molecule has 0 unspecified atom stereocenters. The first-order chi connectivity index (χ1) is 14.0. The van der Waals surface area contributed by atoms with E-state index in [2.05, 4.69) is 6.58 Å². The van der Waals surface area contributed by atoms with Crippen LogP contribution in [-0.2, 0) is 22.7 Å². The highest BCUT2D eigenvalue weighted by Gasteiger charge is 2.30. The molecule has 0 saturated heterocycles. The Balaban J connectivity index is 1.74. The largest absolute Gasteiger partial charge is 0.332 e. The molecule has 1 saturated carbocycles. The molecule has 4 nitrogen and oxygen atoms in total. The Kier molecular flexibility index (Phi) is 7.20. The molecule has 6 heteroatoms. The summed E-state index contributed by atoms with van der Waals surface area (Å²) < 4.78 is 13.3. The standard InChI is InChI=1S/C23H27FN2O2S/c1-3-13-25(23(28)19-5-4-6-19)16-22(27)26(15-21-12-7-17(2)29-21)14-18-8-10-20(24)11-9-18/h3,7-12,19H,1,4-6,13-16H2,2H3. The summed E-state index contributed by atoms with van der Waals surface area (Å²) in [7, 11) is 0. The third-order valence-corrected chi connectivity index (χ3v) is 6.21. The fraction of sp³-hybridized carbons (Fsp3) is 0.391. The second-order valence-electron chi connectivity index (χ2n) is 7.52. The molecule has 0 bridgehead atoms. The minimum Gasteiger partial charge on any atom is -0.332 e. The maximum Gasteiger partial charge on any atom is 0.242 e. The van der Waals surface area contributed by atoms with E-state index in [9.17, 15) is 14.0 Å². The molecule has 1 aliphatic carbocycles. The first-order valence-corrected chi connectivity index (χ1v) is 10.7. The van der Waals surface area contributed by atoms with Crippen LogP contribution in [0.3, 0.4) is 0 Å². The van der Waals surface area contributed by atoms with Gasteiger partial charge in [0.25, 0.3) is 0 Å². The van der Waals surface area contributed by atoms with Crippen LogP contribution >= 0.6 is 11.3 Å². The number of aryl methyl sites for hydroxylation is 1. The van der Waals surface area contributed by atoms with Gasteiger partial charge in [0.15, 0.2) is 0 Å². The maximum absolute atomic E-state index is 13.3. The number of hydrogen-bond donors (Lipinski definition) is 0. The summed E-state index contributed by atoms with van der Waals surface area (Å²) in [6, 6.07) is 10.2. The Hall–Kier alpha value is -2.47. The molecule has 0 N–H and O–H groups in total. The molecule has 1 fully saturated rings. The Morgan fingerprint density at radius 2 is 1.86 bits per heavy atom. The molecule has 0 radical (unpaired) electrons. The fourth-order valence-corrected chi connectivity index (χ4v) is 4.27. The minimum absolute atomic E-state index is 0.0346. The van der Waals surface area contributed by atoms with E-state index in [1.54, 1.807) is 39.3 Å². The summed E-state index contributed by atoms with van der Waals surface area (Å²) in [4.78, 5) is 31.5. The number of hydrogen-bond acceptors (Lipinski definition) is 3. The lowest BCUT2D eigenvalue weighted by Crippen LogP contribution is -2.45. The average molecular weight is 415 g/mol. The van der Waals surface area contributed by atoms with Gasteiger partial charge in [-0.1, -0.05) is 24.6 Å². The second kappa shape index (κ2) is 9.83. The number of carbonyl (C=O) groups is 2. The molecule has 1 heterocycles. The van der Waals surface area contributed by atoms with Crippen LogP contribution in [0, 0.1) is 18.7 Å². The molecule has 0 atom stereocenters. The molecule has 1 aromatic heterocycles. The number of carbonyl (C=O) groups excluding carboxylic acids is 2. The summed E-state index contributed by atoms with van der Waals surface area (Å²) in [5.41, 5.74) is 0.855. The first kappa shape index (κ1) is 21.2. The zero-order valence-electron chi connectivity index (χ0n) is 16.8. The maximum atomic E-state index is 13.3. The lowest BCUT2D eigenvalue weighted by molar-refractivity contribution is -0.144. The van der Waals surface area contributed by atoms with Crippen molar-refractivity contribution in [2.75, 3.05) is 13.1 Å². The van der Waals surface area contributed by atoms with E-state index in [4.69, 9.17) is 0 Å². The van der Waals surface area contributed by atoms with Gasteiger partial charge in [-0.25, -0.2) is 4.39 Å². The topological polar surface area (TPSA) is 40.6 Å². The monoisotopic (exact) mass is 414 g/mol. The van der Waals surface area contributed by atoms with Crippen molar-refractivity contribution in [3.05, 3.63) is 70.2 Å². The summed E-state index contributed by atoms with van der Waals surface area (Å²) in [5.74, 6) is -0.342. The molecule has 0 spiro atoms. The molecular formula is C23H27FN2O2S. The molecule has 1 aromatic carbocycles. The van der Waals surface area contributed by atoms with E-state index in [0.717, 1.165) is 29.7 Å². The predicted octanol–water partition coefficient (Wildman–Crippen LogP) is 4.54. The molecule has 3 rings (SSSR count). The highest BCUT2D eigenvalue weighted by molar-refractivity contribution is 7.11. The predicted molar refractivity (Wildman–Crippen MR) is 114 cm³/mol. The van der Waals surface area contributed by atoms with Crippen LogP contribution < -0.4 is 0 Å². The van der Waals surface area contributed by atoms with Crippen LogP contribution in [0.5, 0.6) is 0 Å². The number of benzene rings is 1. The summed E-state index contributed by atoms with van der Waals surface area (Å²) in [6.45, 7) is 7.00. The Morgan fingerprint density at radius 3 is 2.41 bits per heavy atom. The van der Waals surface area contributed by atoms with Gasteiger partial charge in [-0.2, -0.15) is 0 Å². The summed E-state index contributed by atoms with van der Waals surface area (Å²) >= 11 is 1.65. The van der Waals surface area contributed by atoms with Gasteiger partial charge in [0, 0.05) is 28.8 Å². The number of halogens is 1. The van der Waals surface area contributed by atoms with Gasteiger partial charge in [0.2, 0.25) is 11.8 Å². The lowest BCUT2D eigenvalue weighted by Gasteiger charge is -2.32. The second-order valence-corrected chi connectivity index (χ2v) is 8.90. The molecule has 0 aliphatic heterocycles. The van der Waals surface area contributed by atoms with Crippen molar-refractivity contribution in [3.8, 4) is 0 Å². The van der Waals surface area contributed by atoms with Crippen molar-refractivity contribution in [2.45, 2.75) is 39.3 Å². The quantitative estimate of drug-likeness (QED) is 0.565. The van der Waals surface area contributed by atoms with Crippen LogP contribution in [0.15, 0.2) is 49.1 Å². The molecule has 154 valence electrons. The van der Waals surface area contributed by atoms with Crippen molar-refractivity contribution in [1.82, 2.24) is 9.80 Å². The number of thiophene rings is 1. The van der Waals surface area contributed by atoms with Gasteiger partial charge < -0.3 is 9.80 Å². The molecule has 1 aliphatic rings.